The second-order valence-corrected chi connectivity index (χ2v) is 6.01. The highest BCUT2D eigenvalue weighted by molar-refractivity contribution is 5.75. The molecule has 0 radical (unpaired) electrons. The SMILES string of the molecule is CCC(=O)N[C@@H]1CCCN(Cc2nc3c(cnn3C)c(=O)[nH]2)C1. The van der Waals surface area contributed by atoms with Crippen LogP contribution in [-0.4, -0.2) is 49.7 Å². The molecule has 0 bridgehead atoms. The summed E-state index contributed by atoms with van der Waals surface area (Å²) in [4.78, 5) is 33.2. The number of fused-ring (bicyclic) bond motifs is 1. The minimum absolute atomic E-state index is 0.0830. The lowest BCUT2D eigenvalue weighted by molar-refractivity contribution is -0.121. The summed E-state index contributed by atoms with van der Waals surface area (Å²) in [5, 5.41) is 7.62. The van der Waals surface area contributed by atoms with Gasteiger partial charge in [0.05, 0.1) is 12.7 Å². The standard InChI is InChI=1S/C15H22N6O2/c1-3-13(22)17-10-5-4-6-21(8-10)9-12-18-14-11(15(23)19-12)7-16-20(14)2/h7,10H,3-6,8-9H2,1-2H3,(H,17,22)(H,18,19,23)/t10-/m1/s1. The molecule has 8 nitrogen and oxygen atoms in total. The summed E-state index contributed by atoms with van der Waals surface area (Å²) < 4.78 is 1.61. The second kappa shape index (κ2) is 6.49. The molecule has 8 heteroatoms. The summed E-state index contributed by atoms with van der Waals surface area (Å²) in [7, 11) is 1.77. The number of amides is 1. The van der Waals surface area contributed by atoms with Crippen molar-refractivity contribution >= 4 is 16.9 Å². The van der Waals surface area contributed by atoms with E-state index < -0.39 is 0 Å². The normalized spacial score (nSPS) is 19.1. The summed E-state index contributed by atoms with van der Waals surface area (Å²) in [5.41, 5.74) is 0.433. The molecule has 2 aromatic rings. The number of aromatic amines is 1. The van der Waals surface area contributed by atoms with Crippen LogP contribution < -0.4 is 10.9 Å². The zero-order chi connectivity index (χ0) is 16.4. The molecule has 2 N–H and O–H groups in total. The Hall–Kier alpha value is -2.22. The molecule has 0 aromatic carbocycles. The third kappa shape index (κ3) is 3.42. The lowest BCUT2D eigenvalue weighted by Crippen LogP contribution is -2.47. The highest BCUT2D eigenvalue weighted by Crippen LogP contribution is 2.13. The van der Waals surface area contributed by atoms with Crippen LogP contribution in [0.1, 0.15) is 32.0 Å². The Morgan fingerprint density at radius 3 is 3.13 bits per heavy atom. The van der Waals surface area contributed by atoms with Crippen molar-refractivity contribution in [1.82, 2.24) is 30.0 Å². The van der Waals surface area contributed by atoms with Gasteiger partial charge < -0.3 is 10.3 Å². The van der Waals surface area contributed by atoms with Gasteiger partial charge in [-0.1, -0.05) is 6.92 Å². The fraction of sp³-hybridized carbons (Fsp3) is 0.600. The van der Waals surface area contributed by atoms with E-state index in [-0.39, 0.29) is 17.5 Å². The van der Waals surface area contributed by atoms with Crippen molar-refractivity contribution in [3.05, 3.63) is 22.4 Å². The molecule has 1 aliphatic heterocycles. The van der Waals surface area contributed by atoms with E-state index >= 15 is 0 Å². The number of carbonyl (C=O) groups is 1. The van der Waals surface area contributed by atoms with E-state index in [0.717, 1.165) is 25.9 Å². The number of hydrogen-bond acceptors (Lipinski definition) is 5. The Balaban J connectivity index is 1.72. The van der Waals surface area contributed by atoms with Gasteiger partial charge in [0, 0.05) is 26.1 Å². The number of piperidine rings is 1. The number of aryl methyl sites for hydroxylation is 1. The van der Waals surface area contributed by atoms with Crippen molar-refractivity contribution in [3.8, 4) is 0 Å². The summed E-state index contributed by atoms with van der Waals surface area (Å²) in [6.45, 7) is 4.13. The first-order valence-corrected chi connectivity index (χ1v) is 7.99. The van der Waals surface area contributed by atoms with Crippen LogP contribution in [0.2, 0.25) is 0 Å². The third-order valence-electron chi connectivity index (χ3n) is 4.22. The maximum absolute atomic E-state index is 12.1. The van der Waals surface area contributed by atoms with E-state index in [9.17, 15) is 9.59 Å². The van der Waals surface area contributed by atoms with Gasteiger partial charge in [0.2, 0.25) is 5.91 Å². The smallest absolute Gasteiger partial charge is 0.262 e. The van der Waals surface area contributed by atoms with Gasteiger partial charge in [-0.15, -0.1) is 0 Å². The Morgan fingerprint density at radius 1 is 1.52 bits per heavy atom. The van der Waals surface area contributed by atoms with Gasteiger partial charge in [-0.3, -0.25) is 19.2 Å². The molecular formula is C15H22N6O2. The molecule has 0 unspecified atom stereocenters. The number of nitrogens with one attached hydrogen (secondary N) is 2. The van der Waals surface area contributed by atoms with Gasteiger partial charge >= 0.3 is 0 Å². The Kier molecular flexibility index (Phi) is 4.42. The predicted octanol–water partition coefficient (Wildman–Crippen LogP) is 0.147. The number of carbonyl (C=O) groups excluding carboxylic acids is 1. The Morgan fingerprint density at radius 2 is 2.35 bits per heavy atom. The molecule has 2 aromatic heterocycles. The molecule has 1 aliphatic rings. The largest absolute Gasteiger partial charge is 0.352 e. The van der Waals surface area contributed by atoms with Gasteiger partial charge in [-0.05, 0) is 19.4 Å². The maximum atomic E-state index is 12.1. The summed E-state index contributed by atoms with van der Waals surface area (Å²) in [5.74, 6) is 0.716. The highest BCUT2D eigenvalue weighted by Gasteiger charge is 2.22. The van der Waals surface area contributed by atoms with E-state index in [2.05, 4.69) is 25.3 Å². The number of aromatic nitrogens is 4. The van der Waals surface area contributed by atoms with Gasteiger partial charge in [0.15, 0.2) is 5.65 Å². The molecule has 1 saturated heterocycles. The molecule has 1 atom stereocenters. The molecule has 0 spiro atoms. The van der Waals surface area contributed by atoms with Crippen LogP contribution in [0, 0.1) is 0 Å². The van der Waals surface area contributed by atoms with E-state index in [4.69, 9.17) is 0 Å². The van der Waals surface area contributed by atoms with Gasteiger partial charge in [0.1, 0.15) is 11.2 Å². The van der Waals surface area contributed by atoms with Crippen LogP contribution in [0.5, 0.6) is 0 Å². The number of nitrogens with zero attached hydrogens (tertiary/aromatic N) is 4. The number of rotatable bonds is 4. The molecule has 3 heterocycles. The molecule has 124 valence electrons. The topological polar surface area (TPSA) is 95.9 Å². The molecule has 1 amide bonds. The van der Waals surface area contributed by atoms with Crippen molar-refractivity contribution in [3.63, 3.8) is 0 Å². The first-order chi connectivity index (χ1) is 11.1. The van der Waals surface area contributed by atoms with E-state index in [1.807, 2.05) is 6.92 Å². The van der Waals surface area contributed by atoms with Crippen LogP contribution in [0.25, 0.3) is 11.0 Å². The Bertz CT molecular complexity index is 765. The monoisotopic (exact) mass is 318 g/mol. The van der Waals surface area contributed by atoms with Crippen molar-refractivity contribution in [2.45, 2.75) is 38.8 Å². The lowest BCUT2D eigenvalue weighted by Gasteiger charge is -2.32. The molecule has 23 heavy (non-hydrogen) atoms. The van der Waals surface area contributed by atoms with Crippen molar-refractivity contribution < 1.29 is 4.79 Å². The molecule has 1 fully saturated rings. The lowest BCUT2D eigenvalue weighted by atomic mass is 10.1. The van der Waals surface area contributed by atoms with Crippen molar-refractivity contribution in [2.24, 2.45) is 7.05 Å². The summed E-state index contributed by atoms with van der Waals surface area (Å²) in [6, 6.07) is 0.170. The molecule has 0 aliphatic carbocycles. The highest BCUT2D eigenvalue weighted by atomic mass is 16.1. The Labute approximate surface area is 133 Å². The second-order valence-electron chi connectivity index (χ2n) is 6.01. The van der Waals surface area contributed by atoms with Crippen LogP contribution >= 0.6 is 0 Å². The molecular weight excluding hydrogens is 296 g/mol. The fourth-order valence-corrected chi connectivity index (χ4v) is 3.01. The number of likely N-dealkylation sites (tertiary alicyclic amines) is 1. The first kappa shape index (κ1) is 15.7. The summed E-state index contributed by atoms with van der Waals surface area (Å²) >= 11 is 0. The average Bonchev–Trinajstić information content (AvgIpc) is 2.89. The van der Waals surface area contributed by atoms with E-state index in [1.54, 1.807) is 11.7 Å². The third-order valence-corrected chi connectivity index (χ3v) is 4.22. The van der Waals surface area contributed by atoms with Gasteiger partial charge in [-0.2, -0.15) is 5.10 Å². The minimum Gasteiger partial charge on any atom is -0.352 e. The summed E-state index contributed by atoms with van der Waals surface area (Å²) in [6.07, 6.45) is 4.05. The van der Waals surface area contributed by atoms with Crippen LogP contribution in [-0.2, 0) is 18.4 Å². The van der Waals surface area contributed by atoms with Crippen LogP contribution in [0.15, 0.2) is 11.0 Å². The zero-order valence-corrected chi connectivity index (χ0v) is 13.5. The van der Waals surface area contributed by atoms with Crippen LogP contribution in [0.3, 0.4) is 0 Å². The average molecular weight is 318 g/mol. The van der Waals surface area contributed by atoms with Crippen molar-refractivity contribution in [2.75, 3.05) is 13.1 Å². The fourth-order valence-electron chi connectivity index (χ4n) is 3.01. The van der Waals surface area contributed by atoms with Gasteiger partial charge in [0.25, 0.3) is 5.56 Å². The first-order valence-electron chi connectivity index (χ1n) is 7.99. The predicted molar refractivity (Wildman–Crippen MR) is 85.9 cm³/mol. The van der Waals surface area contributed by atoms with Crippen LogP contribution in [0.4, 0.5) is 0 Å². The quantitative estimate of drug-likeness (QED) is 0.836. The van der Waals surface area contributed by atoms with Crippen molar-refractivity contribution in [1.29, 1.82) is 0 Å². The molecule has 0 saturated carbocycles. The zero-order valence-electron chi connectivity index (χ0n) is 13.5. The number of hydrogen-bond donors (Lipinski definition) is 2. The maximum Gasteiger partial charge on any atom is 0.262 e. The van der Waals surface area contributed by atoms with E-state index in [1.165, 1.54) is 6.20 Å². The minimum atomic E-state index is -0.161. The van der Waals surface area contributed by atoms with Gasteiger partial charge in [-0.25, -0.2) is 4.98 Å². The molecule has 3 rings (SSSR count). The number of H-pyrrole nitrogens is 1. The van der Waals surface area contributed by atoms with E-state index in [0.29, 0.717) is 29.8 Å².